The van der Waals surface area contributed by atoms with Gasteiger partial charge in [0.2, 0.25) is 11.8 Å². The monoisotopic (exact) mass is 424 g/mol. The first-order chi connectivity index (χ1) is 15.0. The second-order valence-electron chi connectivity index (χ2n) is 7.46. The number of carbonyl (C=O) groups excluding carboxylic acids is 3. The second kappa shape index (κ2) is 10.6. The molecule has 0 bridgehead atoms. The summed E-state index contributed by atoms with van der Waals surface area (Å²) in [5, 5.41) is 8.54. The average Bonchev–Trinajstić information content (AvgIpc) is 3.58. The van der Waals surface area contributed by atoms with Gasteiger partial charge in [-0.15, -0.1) is 0 Å². The SMILES string of the molecule is CCN(CC(=O)Nc1ccc(OC)cc1)CC(=O)Nc1cccc(C(=O)NC2CC2)c1. The number of hydrogen-bond acceptors (Lipinski definition) is 5. The molecule has 31 heavy (non-hydrogen) atoms. The summed E-state index contributed by atoms with van der Waals surface area (Å²) in [6, 6.07) is 14.2. The van der Waals surface area contributed by atoms with Crippen molar-refractivity contribution in [3.05, 3.63) is 54.1 Å². The molecule has 0 spiro atoms. The Balaban J connectivity index is 1.49. The summed E-state index contributed by atoms with van der Waals surface area (Å²) in [6.45, 7) is 2.56. The number of nitrogens with one attached hydrogen (secondary N) is 3. The Morgan fingerprint density at radius 3 is 2.19 bits per heavy atom. The van der Waals surface area contributed by atoms with Crippen molar-refractivity contribution in [3.8, 4) is 5.75 Å². The van der Waals surface area contributed by atoms with Crippen molar-refractivity contribution in [2.24, 2.45) is 0 Å². The van der Waals surface area contributed by atoms with E-state index in [-0.39, 0.29) is 36.9 Å². The highest BCUT2D eigenvalue weighted by atomic mass is 16.5. The summed E-state index contributed by atoms with van der Waals surface area (Å²) in [5.74, 6) is 0.111. The molecule has 0 atom stereocenters. The first-order valence-corrected chi connectivity index (χ1v) is 10.3. The predicted molar refractivity (Wildman–Crippen MR) is 119 cm³/mol. The molecular weight excluding hydrogens is 396 g/mol. The van der Waals surface area contributed by atoms with Crippen LogP contribution >= 0.6 is 0 Å². The van der Waals surface area contributed by atoms with Crippen LogP contribution in [0, 0.1) is 0 Å². The molecule has 0 saturated heterocycles. The molecule has 2 aromatic rings. The van der Waals surface area contributed by atoms with Crippen molar-refractivity contribution in [3.63, 3.8) is 0 Å². The lowest BCUT2D eigenvalue weighted by atomic mass is 10.2. The van der Waals surface area contributed by atoms with Gasteiger partial charge in [0.1, 0.15) is 5.75 Å². The largest absolute Gasteiger partial charge is 0.497 e. The quantitative estimate of drug-likeness (QED) is 0.544. The maximum atomic E-state index is 12.5. The number of anilines is 2. The van der Waals surface area contributed by atoms with Crippen LogP contribution in [0.5, 0.6) is 5.75 Å². The summed E-state index contributed by atoms with van der Waals surface area (Å²) in [6.07, 6.45) is 2.03. The molecule has 3 amide bonds. The van der Waals surface area contributed by atoms with Gasteiger partial charge < -0.3 is 20.7 Å². The zero-order valence-electron chi connectivity index (χ0n) is 17.8. The van der Waals surface area contributed by atoms with Crippen molar-refractivity contribution in [1.29, 1.82) is 0 Å². The van der Waals surface area contributed by atoms with E-state index in [2.05, 4.69) is 16.0 Å². The predicted octanol–water partition coefficient (Wildman–Crippen LogP) is 2.49. The van der Waals surface area contributed by atoms with Crippen molar-refractivity contribution in [2.75, 3.05) is 37.4 Å². The molecule has 1 aliphatic carbocycles. The lowest BCUT2D eigenvalue weighted by Gasteiger charge is -2.19. The van der Waals surface area contributed by atoms with E-state index >= 15 is 0 Å². The van der Waals surface area contributed by atoms with Crippen LogP contribution in [0.25, 0.3) is 0 Å². The highest BCUT2D eigenvalue weighted by molar-refractivity contribution is 5.98. The number of carbonyl (C=O) groups is 3. The van der Waals surface area contributed by atoms with Crippen LogP contribution in [0.4, 0.5) is 11.4 Å². The maximum absolute atomic E-state index is 12.5. The number of hydrogen-bond donors (Lipinski definition) is 3. The van der Waals surface area contributed by atoms with Gasteiger partial charge in [-0.25, -0.2) is 0 Å². The third-order valence-electron chi connectivity index (χ3n) is 4.88. The second-order valence-corrected chi connectivity index (χ2v) is 7.46. The molecule has 1 saturated carbocycles. The van der Waals surface area contributed by atoms with Gasteiger partial charge in [-0.05, 0) is 61.9 Å². The number of ether oxygens (including phenoxy) is 1. The van der Waals surface area contributed by atoms with Crippen LogP contribution in [0.1, 0.15) is 30.1 Å². The minimum Gasteiger partial charge on any atom is -0.497 e. The van der Waals surface area contributed by atoms with Gasteiger partial charge in [0.15, 0.2) is 0 Å². The Morgan fingerprint density at radius 1 is 0.968 bits per heavy atom. The van der Waals surface area contributed by atoms with Gasteiger partial charge in [-0.1, -0.05) is 13.0 Å². The van der Waals surface area contributed by atoms with Gasteiger partial charge in [0, 0.05) is 23.0 Å². The van der Waals surface area contributed by atoms with Crippen LogP contribution in [-0.4, -0.2) is 55.4 Å². The Hall–Kier alpha value is -3.39. The lowest BCUT2D eigenvalue weighted by molar-refractivity contribution is -0.119. The fourth-order valence-electron chi connectivity index (χ4n) is 3.00. The van der Waals surface area contributed by atoms with Crippen LogP contribution in [0.3, 0.4) is 0 Å². The number of amides is 3. The van der Waals surface area contributed by atoms with E-state index in [1.807, 2.05) is 6.92 Å². The van der Waals surface area contributed by atoms with Crippen molar-refractivity contribution in [1.82, 2.24) is 10.2 Å². The number of rotatable bonds is 10. The molecule has 1 fully saturated rings. The molecule has 0 radical (unpaired) electrons. The molecule has 1 aliphatic rings. The molecule has 0 aliphatic heterocycles. The van der Waals surface area contributed by atoms with Crippen LogP contribution in [0.15, 0.2) is 48.5 Å². The van der Waals surface area contributed by atoms with E-state index in [1.54, 1.807) is 60.5 Å². The standard InChI is InChI=1S/C23H28N4O4/c1-3-27(14-21(28)24-17-9-11-20(31-2)12-10-17)15-22(29)25-19-6-4-5-16(13-19)23(30)26-18-7-8-18/h4-6,9-13,18H,3,7-8,14-15H2,1-2H3,(H,24,28)(H,25,29)(H,26,30). The summed E-state index contributed by atoms with van der Waals surface area (Å²) >= 11 is 0. The number of benzene rings is 2. The number of nitrogens with zero attached hydrogens (tertiary/aromatic N) is 1. The van der Waals surface area contributed by atoms with Crippen molar-refractivity contribution < 1.29 is 19.1 Å². The molecule has 3 N–H and O–H groups in total. The number of likely N-dealkylation sites (N-methyl/N-ethyl adjacent to an activating group) is 1. The van der Waals surface area contributed by atoms with Crippen LogP contribution in [-0.2, 0) is 9.59 Å². The molecule has 3 rings (SSSR count). The van der Waals surface area contributed by atoms with Crippen molar-refractivity contribution >= 4 is 29.1 Å². The summed E-state index contributed by atoms with van der Waals surface area (Å²) in [4.78, 5) is 38.7. The zero-order valence-corrected chi connectivity index (χ0v) is 17.8. The van der Waals surface area contributed by atoms with E-state index in [9.17, 15) is 14.4 Å². The van der Waals surface area contributed by atoms with Gasteiger partial charge in [-0.3, -0.25) is 19.3 Å². The van der Waals surface area contributed by atoms with E-state index in [4.69, 9.17) is 4.74 Å². The molecular formula is C23H28N4O4. The number of methoxy groups -OCH3 is 1. The topological polar surface area (TPSA) is 99.8 Å². The van der Waals surface area contributed by atoms with Crippen LogP contribution in [0.2, 0.25) is 0 Å². The molecule has 0 unspecified atom stereocenters. The summed E-state index contributed by atoms with van der Waals surface area (Å²) in [7, 11) is 1.58. The Bertz CT molecular complexity index is 925. The van der Waals surface area contributed by atoms with E-state index < -0.39 is 0 Å². The third kappa shape index (κ3) is 7.11. The lowest BCUT2D eigenvalue weighted by Crippen LogP contribution is -2.38. The van der Waals surface area contributed by atoms with E-state index in [0.29, 0.717) is 29.2 Å². The maximum Gasteiger partial charge on any atom is 0.251 e. The first-order valence-electron chi connectivity index (χ1n) is 10.3. The summed E-state index contributed by atoms with van der Waals surface area (Å²) < 4.78 is 5.10. The minimum atomic E-state index is -0.251. The van der Waals surface area contributed by atoms with Crippen LogP contribution < -0.4 is 20.7 Å². The molecule has 0 heterocycles. The molecule has 2 aromatic carbocycles. The van der Waals surface area contributed by atoms with Gasteiger partial charge in [-0.2, -0.15) is 0 Å². The Labute approximate surface area is 182 Å². The molecule has 0 aromatic heterocycles. The fraction of sp³-hybridized carbons (Fsp3) is 0.348. The smallest absolute Gasteiger partial charge is 0.251 e. The molecule has 164 valence electrons. The van der Waals surface area contributed by atoms with E-state index in [1.165, 1.54) is 0 Å². The Kier molecular flexibility index (Phi) is 7.61. The van der Waals surface area contributed by atoms with Gasteiger partial charge in [0.25, 0.3) is 5.91 Å². The first kappa shape index (κ1) is 22.3. The van der Waals surface area contributed by atoms with Gasteiger partial charge in [0.05, 0.1) is 20.2 Å². The minimum absolute atomic E-state index is 0.0605. The highest BCUT2D eigenvalue weighted by Crippen LogP contribution is 2.20. The molecule has 8 nitrogen and oxygen atoms in total. The van der Waals surface area contributed by atoms with E-state index in [0.717, 1.165) is 12.8 Å². The normalized spacial score (nSPS) is 12.9. The fourth-order valence-corrected chi connectivity index (χ4v) is 3.00. The zero-order chi connectivity index (χ0) is 22.2. The molecule has 8 heteroatoms. The van der Waals surface area contributed by atoms with Crippen molar-refractivity contribution in [2.45, 2.75) is 25.8 Å². The Morgan fingerprint density at radius 2 is 1.61 bits per heavy atom. The third-order valence-corrected chi connectivity index (χ3v) is 4.88. The average molecular weight is 425 g/mol. The highest BCUT2D eigenvalue weighted by Gasteiger charge is 2.24. The summed E-state index contributed by atoms with van der Waals surface area (Å²) in [5.41, 5.74) is 1.72. The van der Waals surface area contributed by atoms with Gasteiger partial charge >= 0.3 is 0 Å².